The SMILES string of the molecule is C[CH-]C.C[CH-]C.C[N-]C.C[N-]C.C[N-]C.[C-]1=CC=CC1.[Hf]. The van der Waals surface area contributed by atoms with E-state index in [9.17, 15) is 0 Å². The Morgan fingerprint density at radius 2 is 1.00 bits per heavy atom. The molecular weight excluding hydrogens is 425 g/mol. The molecule has 0 N–H and O–H groups in total. The molecule has 0 aliphatic heterocycles. The van der Waals surface area contributed by atoms with Gasteiger partial charge in [-0.2, -0.15) is 76.1 Å². The largest absolute Gasteiger partial charge is 0.668 e. The van der Waals surface area contributed by atoms with E-state index in [2.05, 4.69) is 28.1 Å². The molecule has 0 radical (unpaired) electrons. The molecule has 0 saturated carbocycles. The Kier molecular flexibility index (Phi) is 128. The molecule has 0 aromatic carbocycles. The maximum Gasteiger partial charge on any atom is 0 e. The third-order valence-corrected chi connectivity index (χ3v) is 0.586. The van der Waals surface area contributed by atoms with Crippen molar-refractivity contribution >= 4 is 0 Å². The summed E-state index contributed by atoms with van der Waals surface area (Å²) in [5.41, 5.74) is 0. The number of rotatable bonds is 0. The fourth-order valence-electron chi connectivity index (χ4n) is 0.340. The summed E-state index contributed by atoms with van der Waals surface area (Å²) in [7, 11) is 10.5. The van der Waals surface area contributed by atoms with E-state index < -0.39 is 0 Å². The first-order chi connectivity index (χ1) is 9.57. The van der Waals surface area contributed by atoms with Crippen molar-refractivity contribution in [3.05, 3.63) is 53.1 Å². The Balaban J connectivity index is -0.0000000326. The quantitative estimate of drug-likeness (QED) is 0.332. The predicted molar refractivity (Wildman–Crippen MR) is 98.5 cm³/mol. The van der Waals surface area contributed by atoms with Crippen LogP contribution in [0.3, 0.4) is 0 Å². The summed E-state index contributed by atoms with van der Waals surface area (Å²) in [6.45, 7) is 8.00. The zero-order valence-corrected chi connectivity index (χ0v) is 19.5. The van der Waals surface area contributed by atoms with Crippen LogP contribution in [0.5, 0.6) is 0 Å². The van der Waals surface area contributed by atoms with Gasteiger partial charge in [0.25, 0.3) is 0 Å². The topological polar surface area (TPSA) is 42.3 Å². The van der Waals surface area contributed by atoms with Gasteiger partial charge in [0.1, 0.15) is 0 Å². The normalized spacial score (nSPS) is 8.48. The minimum atomic E-state index is 0. The second-order valence-electron chi connectivity index (χ2n) is 3.50. The van der Waals surface area contributed by atoms with Crippen molar-refractivity contribution in [3.8, 4) is 0 Å². The van der Waals surface area contributed by atoms with Crippen LogP contribution < -0.4 is 0 Å². The molecule has 0 heterocycles. The van der Waals surface area contributed by atoms with Crippen LogP contribution in [0, 0.1) is 18.9 Å². The van der Waals surface area contributed by atoms with Crippen LogP contribution in [0.15, 0.2) is 18.2 Å². The van der Waals surface area contributed by atoms with Gasteiger partial charge in [-0.3, -0.25) is 6.08 Å². The van der Waals surface area contributed by atoms with E-state index in [1.165, 1.54) is 0 Å². The van der Waals surface area contributed by atoms with Crippen molar-refractivity contribution in [1.29, 1.82) is 0 Å². The average molecular weight is 462 g/mol. The van der Waals surface area contributed by atoms with Crippen molar-refractivity contribution in [1.82, 2.24) is 0 Å². The molecule has 0 unspecified atom stereocenters. The molecule has 0 aromatic rings. The van der Waals surface area contributed by atoms with Crippen molar-refractivity contribution in [2.24, 2.45) is 0 Å². The fourth-order valence-corrected chi connectivity index (χ4v) is 0.340. The Labute approximate surface area is 155 Å². The van der Waals surface area contributed by atoms with E-state index in [0.717, 1.165) is 6.42 Å². The maximum atomic E-state index is 3.50. The number of hydrogen-bond acceptors (Lipinski definition) is 0. The first-order valence-electron chi connectivity index (χ1n) is 6.71. The Hall–Kier alpha value is 0.230. The third-order valence-electron chi connectivity index (χ3n) is 0.586. The number of hydrogen-bond donors (Lipinski definition) is 0. The molecule has 0 fully saturated rings. The van der Waals surface area contributed by atoms with Crippen molar-refractivity contribution in [3.63, 3.8) is 0 Å². The van der Waals surface area contributed by atoms with Gasteiger partial charge >= 0.3 is 0 Å². The summed E-state index contributed by atoms with van der Waals surface area (Å²) < 4.78 is 0. The first-order valence-corrected chi connectivity index (χ1v) is 6.71. The second kappa shape index (κ2) is 71.5. The minimum absolute atomic E-state index is 0. The van der Waals surface area contributed by atoms with Gasteiger partial charge in [-0.05, 0) is 0 Å². The molecular formula is C17H37HfN3-6. The molecule has 0 amide bonds. The van der Waals surface area contributed by atoms with Crippen LogP contribution in [0.1, 0.15) is 34.1 Å². The summed E-state index contributed by atoms with van der Waals surface area (Å²) in [5, 5.41) is 10.5. The fraction of sp³-hybridized carbons (Fsp3) is 0.647. The molecule has 1 rings (SSSR count). The van der Waals surface area contributed by atoms with E-state index in [-0.39, 0.29) is 25.8 Å². The Morgan fingerprint density at radius 1 is 0.762 bits per heavy atom. The van der Waals surface area contributed by atoms with Crippen LogP contribution in [0.25, 0.3) is 16.0 Å². The van der Waals surface area contributed by atoms with Crippen LogP contribution in [0.2, 0.25) is 0 Å². The van der Waals surface area contributed by atoms with Gasteiger partial charge < -0.3 is 28.8 Å². The molecule has 0 atom stereocenters. The van der Waals surface area contributed by atoms with Gasteiger partial charge in [0, 0.05) is 25.8 Å². The molecule has 130 valence electrons. The van der Waals surface area contributed by atoms with Crippen LogP contribution in [-0.4, -0.2) is 42.3 Å². The van der Waals surface area contributed by atoms with E-state index in [0.29, 0.717) is 0 Å². The predicted octanol–water partition coefficient (Wildman–Crippen LogP) is 5.62. The van der Waals surface area contributed by atoms with Crippen molar-refractivity contribution in [2.45, 2.75) is 34.1 Å². The second-order valence-corrected chi connectivity index (χ2v) is 3.50. The summed E-state index contributed by atoms with van der Waals surface area (Å²) in [5.74, 6) is 0. The third kappa shape index (κ3) is 246. The number of nitrogens with zero attached hydrogens (tertiary/aromatic N) is 3. The zero-order valence-electron chi connectivity index (χ0n) is 15.9. The Bertz CT molecular complexity index is 116. The van der Waals surface area contributed by atoms with Crippen molar-refractivity contribution < 1.29 is 25.8 Å². The monoisotopic (exact) mass is 463 g/mol. The van der Waals surface area contributed by atoms with Gasteiger partial charge in [-0.25, -0.2) is 12.2 Å². The van der Waals surface area contributed by atoms with Crippen LogP contribution in [0.4, 0.5) is 0 Å². The van der Waals surface area contributed by atoms with E-state index in [1.807, 2.05) is 52.7 Å². The molecule has 0 bridgehead atoms. The van der Waals surface area contributed by atoms with Gasteiger partial charge in [0.2, 0.25) is 0 Å². The summed E-state index contributed by atoms with van der Waals surface area (Å²) >= 11 is 0. The minimum Gasteiger partial charge on any atom is -0.668 e. The summed E-state index contributed by atoms with van der Waals surface area (Å²) in [4.78, 5) is 0. The smallest absolute Gasteiger partial charge is 0 e. The zero-order chi connectivity index (χ0) is 17.1. The maximum absolute atomic E-state index is 3.50. The van der Waals surface area contributed by atoms with E-state index in [1.54, 1.807) is 42.3 Å². The van der Waals surface area contributed by atoms with Crippen LogP contribution in [-0.2, 0) is 25.8 Å². The molecule has 0 aromatic heterocycles. The Morgan fingerprint density at radius 3 is 1.05 bits per heavy atom. The molecule has 4 heteroatoms. The average Bonchev–Trinajstić information content (AvgIpc) is 2.91. The molecule has 1 aliphatic carbocycles. The van der Waals surface area contributed by atoms with Crippen molar-refractivity contribution in [2.75, 3.05) is 42.3 Å². The molecule has 0 saturated heterocycles. The van der Waals surface area contributed by atoms with E-state index in [4.69, 9.17) is 0 Å². The van der Waals surface area contributed by atoms with E-state index >= 15 is 0 Å². The standard InChI is InChI=1S/C5H5.2C3H7.3C2H6N.Hf/c1-2-4-5-3-1;5*1-3-2;/h1-3H,4H2;2*3H,1-2H3;3*1-2H3;/q6*-1;. The summed E-state index contributed by atoms with van der Waals surface area (Å²) in [6, 6.07) is 0. The molecule has 1 aliphatic rings. The van der Waals surface area contributed by atoms with Crippen LogP contribution >= 0.6 is 0 Å². The molecule has 21 heavy (non-hydrogen) atoms. The van der Waals surface area contributed by atoms with Gasteiger partial charge in [-0.15, -0.1) is 6.42 Å². The first kappa shape index (κ1) is 37.5. The van der Waals surface area contributed by atoms with Gasteiger partial charge in [-0.1, -0.05) is 0 Å². The summed E-state index contributed by atoms with van der Waals surface area (Å²) in [6.07, 6.45) is 14.0. The molecule has 3 nitrogen and oxygen atoms in total. The number of allylic oxidation sites excluding steroid dienone is 4. The van der Waals surface area contributed by atoms with Gasteiger partial charge in [0.05, 0.1) is 0 Å². The van der Waals surface area contributed by atoms with Gasteiger partial charge in [0.15, 0.2) is 0 Å². The molecule has 0 spiro atoms.